The van der Waals surface area contributed by atoms with Crippen LogP contribution in [0.2, 0.25) is 5.02 Å². The van der Waals surface area contributed by atoms with Gasteiger partial charge in [-0.15, -0.1) is 0 Å². The van der Waals surface area contributed by atoms with Crippen molar-refractivity contribution in [3.05, 3.63) is 51.6 Å². The van der Waals surface area contributed by atoms with Crippen LogP contribution >= 0.6 is 11.6 Å². The zero-order valence-corrected chi connectivity index (χ0v) is 22.2. The van der Waals surface area contributed by atoms with Crippen molar-refractivity contribution in [3.63, 3.8) is 0 Å². The maximum absolute atomic E-state index is 14.5. The molecule has 5 rings (SSSR count). The van der Waals surface area contributed by atoms with Gasteiger partial charge < -0.3 is 20.1 Å². The van der Waals surface area contributed by atoms with Crippen molar-refractivity contribution in [1.82, 2.24) is 20.4 Å². The van der Waals surface area contributed by atoms with Gasteiger partial charge in [-0.05, 0) is 70.4 Å². The molecule has 10 heteroatoms. The van der Waals surface area contributed by atoms with E-state index in [0.717, 1.165) is 56.5 Å². The highest BCUT2D eigenvalue weighted by Crippen LogP contribution is 2.34. The Kier molecular flexibility index (Phi) is 7.33. The summed E-state index contributed by atoms with van der Waals surface area (Å²) in [5.74, 6) is 1.12. The topological polar surface area (TPSA) is 96.2 Å². The molecule has 37 heavy (non-hydrogen) atoms. The number of nitrogens with zero attached hydrogens (tertiary/aromatic N) is 4. The standard InChI is InChI=1S/C27H32ClFN6O2/c1-15-22(24(34-37-15)23-19(28)8-6-9-20(23)29)26(36)30-16-11-13-17(14-12-16)31-27-32-21-10-5-4-7-18(21)25(33-27)35(2)3/h6,8-9,16-17H,4-5,7,10-14H2,1-3H3,(H,30,36)(H,31,32,33). The Morgan fingerprint density at radius 2 is 1.84 bits per heavy atom. The molecule has 2 aliphatic carbocycles. The molecule has 1 aromatic carbocycles. The molecule has 0 unspecified atom stereocenters. The average molecular weight is 527 g/mol. The first-order chi connectivity index (χ1) is 17.8. The predicted octanol–water partition coefficient (Wildman–Crippen LogP) is 5.33. The van der Waals surface area contributed by atoms with Crippen LogP contribution in [-0.4, -0.2) is 47.2 Å². The van der Waals surface area contributed by atoms with Crippen molar-refractivity contribution in [2.45, 2.75) is 70.4 Å². The Morgan fingerprint density at radius 3 is 2.57 bits per heavy atom. The third kappa shape index (κ3) is 5.28. The summed E-state index contributed by atoms with van der Waals surface area (Å²) >= 11 is 6.22. The van der Waals surface area contributed by atoms with E-state index in [1.54, 1.807) is 13.0 Å². The van der Waals surface area contributed by atoms with Crippen LogP contribution in [0.3, 0.4) is 0 Å². The van der Waals surface area contributed by atoms with Gasteiger partial charge in [-0.1, -0.05) is 22.8 Å². The molecule has 1 saturated carbocycles. The monoisotopic (exact) mass is 526 g/mol. The molecule has 0 saturated heterocycles. The minimum absolute atomic E-state index is 0.00872. The molecule has 0 spiro atoms. The largest absolute Gasteiger partial charge is 0.362 e. The molecule has 2 aliphatic rings. The van der Waals surface area contributed by atoms with E-state index in [-0.39, 0.29) is 39.8 Å². The number of carbonyl (C=O) groups is 1. The van der Waals surface area contributed by atoms with E-state index in [0.29, 0.717) is 11.7 Å². The number of hydrogen-bond donors (Lipinski definition) is 2. The number of rotatable bonds is 6. The maximum atomic E-state index is 14.5. The van der Waals surface area contributed by atoms with Crippen molar-refractivity contribution in [2.24, 2.45) is 0 Å². The third-order valence-electron chi connectivity index (χ3n) is 7.27. The second kappa shape index (κ2) is 10.7. The lowest BCUT2D eigenvalue weighted by Gasteiger charge is -2.30. The highest BCUT2D eigenvalue weighted by molar-refractivity contribution is 6.33. The molecule has 0 atom stereocenters. The third-order valence-corrected chi connectivity index (χ3v) is 7.58. The highest BCUT2D eigenvalue weighted by Gasteiger charge is 2.29. The summed E-state index contributed by atoms with van der Waals surface area (Å²) in [5, 5.41) is 10.7. The molecule has 2 heterocycles. The summed E-state index contributed by atoms with van der Waals surface area (Å²) in [6.45, 7) is 1.64. The molecule has 196 valence electrons. The number of carbonyl (C=O) groups excluding carboxylic acids is 1. The van der Waals surface area contributed by atoms with Gasteiger partial charge in [-0.2, -0.15) is 4.98 Å². The molecule has 0 aliphatic heterocycles. The van der Waals surface area contributed by atoms with E-state index in [1.165, 1.54) is 24.1 Å². The molecule has 1 fully saturated rings. The summed E-state index contributed by atoms with van der Waals surface area (Å²) in [5.41, 5.74) is 2.83. The molecule has 0 bridgehead atoms. The van der Waals surface area contributed by atoms with E-state index < -0.39 is 5.82 Å². The number of aryl methyl sites for hydroxylation is 2. The molecule has 2 N–H and O–H groups in total. The smallest absolute Gasteiger partial charge is 0.257 e. The number of hydrogen-bond acceptors (Lipinski definition) is 7. The van der Waals surface area contributed by atoms with Gasteiger partial charge in [0.2, 0.25) is 5.95 Å². The van der Waals surface area contributed by atoms with Gasteiger partial charge in [-0.25, -0.2) is 9.37 Å². The molecule has 8 nitrogen and oxygen atoms in total. The van der Waals surface area contributed by atoms with Gasteiger partial charge in [0.25, 0.3) is 5.91 Å². The summed E-state index contributed by atoms with van der Waals surface area (Å²) < 4.78 is 19.8. The van der Waals surface area contributed by atoms with Crippen molar-refractivity contribution in [2.75, 3.05) is 24.3 Å². The number of fused-ring (bicyclic) bond motifs is 1. The lowest BCUT2D eigenvalue weighted by molar-refractivity contribution is 0.0925. The Labute approximate surface area is 221 Å². The first-order valence-electron chi connectivity index (χ1n) is 12.9. The first kappa shape index (κ1) is 25.4. The fourth-order valence-corrected chi connectivity index (χ4v) is 5.62. The average Bonchev–Trinajstić information content (AvgIpc) is 3.25. The molecule has 1 amide bonds. The van der Waals surface area contributed by atoms with E-state index in [4.69, 9.17) is 26.1 Å². The fraction of sp³-hybridized carbons (Fsp3) is 0.481. The van der Waals surface area contributed by atoms with Gasteiger partial charge in [-0.3, -0.25) is 4.79 Å². The minimum atomic E-state index is -0.553. The Hall–Kier alpha value is -3.20. The summed E-state index contributed by atoms with van der Waals surface area (Å²) in [4.78, 5) is 24.9. The van der Waals surface area contributed by atoms with Crippen LogP contribution < -0.4 is 15.5 Å². The van der Waals surface area contributed by atoms with E-state index >= 15 is 0 Å². The number of benzene rings is 1. The van der Waals surface area contributed by atoms with Crippen molar-refractivity contribution in [3.8, 4) is 11.3 Å². The highest BCUT2D eigenvalue weighted by atomic mass is 35.5. The molecule has 0 radical (unpaired) electrons. The Balaban J connectivity index is 1.24. The van der Waals surface area contributed by atoms with Crippen molar-refractivity contribution >= 4 is 29.3 Å². The van der Waals surface area contributed by atoms with Crippen LogP contribution in [0.25, 0.3) is 11.3 Å². The van der Waals surface area contributed by atoms with Crippen LogP contribution in [-0.2, 0) is 12.8 Å². The Bertz CT molecular complexity index is 1280. The van der Waals surface area contributed by atoms with Gasteiger partial charge in [0.15, 0.2) is 0 Å². The number of anilines is 2. The summed E-state index contributed by atoms with van der Waals surface area (Å²) in [6.07, 6.45) is 7.72. The number of aromatic nitrogens is 3. The van der Waals surface area contributed by atoms with Crippen LogP contribution in [0.4, 0.5) is 16.2 Å². The van der Waals surface area contributed by atoms with Gasteiger partial charge in [0.1, 0.15) is 28.7 Å². The van der Waals surface area contributed by atoms with Gasteiger partial charge in [0, 0.05) is 31.7 Å². The molecule has 2 aromatic heterocycles. The van der Waals surface area contributed by atoms with E-state index in [2.05, 4.69) is 20.7 Å². The lowest BCUT2D eigenvalue weighted by atomic mass is 9.91. The second-order valence-electron chi connectivity index (χ2n) is 10.1. The molecular weight excluding hydrogens is 495 g/mol. The summed E-state index contributed by atoms with van der Waals surface area (Å²) in [7, 11) is 4.05. The van der Waals surface area contributed by atoms with Crippen LogP contribution in [0.1, 0.15) is 65.9 Å². The van der Waals surface area contributed by atoms with Crippen LogP contribution in [0.5, 0.6) is 0 Å². The summed E-state index contributed by atoms with van der Waals surface area (Å²) in [6, 6.07) is 4.58. The van der Waals surface area contributed by atoms with E-state index in [1.807, 2.05) is 14.1 Å². The number of amides is 1. The minimum Gasteiger partial charge on any atom is -0.362 e. The molecular formula is C27H32ClFN6O2. The number of nitrogens with one attached hydrogen (secondary N) is 2. The van der Waals surface area contributed by atoms with Crippen molar-refractivity contribution in [1.29, 1.82) is 0 Å². The normalized spacial score (nSPS) is 19.3. The van der Waals surface area contributed by atoms with Crippen LogP contribution in [0, 0.1) is 12.7 Å². The predicted molar refractivity (Wildman–Crippen MR) is 142 cm³/mol. The SMILES string of the molecule is Cc1onc(-c2c(F)cccc2Cl)c1C(=O)NC1CCC(Nc2nc3c(c(N(C)C)n2)CCCC3)CC1. The van der Waals surface area contributed by atoms with Crippen molar-refractivity contribution < 1.29 is 13.7 Å². The zero-order valence-electron chi connectivity index (χ0n) is 21.4. The Morgan fingerprint density at radius 1 is 1.11 bits per heavy atom. The second-order valence-corrected chi connectivity index (χ2v) is 10.5. The quantitative estimate of drug-likeness (QED) is 0.448. The maximum Gasteiger partial charge on any atom is 0.257 e. The lowest BCUT2D eigenvalue weighted by Crippen LogP contribution is -2.40. The van der Waals surface area contributed by atoms with Gasteiger partial charge >= 0.3 is 0 Å². The van der Waals surface area contributed by atoms with Crippen LogP contribution in [0.15, 0.2) is 22.7 Å². The van der Waals surface area contributed by atoms with Gasteiger partial charge in [0.05, 0.1) is 16.3 Å². The fourth-order valence-electron chi connectivity index (χ4n) is 5.37. The van der Waals surface area contributed by atoms with E-state index in [9.17, 15) is 9.18 Å². The zero-order chi connectivity index (χ0) is 26.1. The number of halogens is 2. The first-order valence-corrected chi connectivity index (χ1v) is 13.2. The molecule has 3 aromatic rings.